The molecule has 222 valence electrons. The van der Waals surface area contributed by atoms with Gasteiger partial charge in [0, 0.05) is 32.4 Å². The lowest BCUT2D eigenvalue weighted by molar-refractivity contribution is -0.192. The molecule has 1 N–H and O–H groups in total. The third kappa shape index (κ3) is 5.78. The summed E-state index contributed by atoms with van der Waals surface area (Å²) in [5, 5.41) is 11.4. The van der Waals surface area contributed by atoms with Gasteiger partial charge in [-0.05, 0) is 76.6 Å². The minimum absolute atomic E-state index is 0.00118. The number of aromatic nitrogens is 3. The molecule has 2 saturated heterocycles. The lowest BCUT2D eigenvalue weighted by atomic mass is 9.89. The van der Waals surface area contributed by atoms with Crippen LogP contribution in [0.1, 0.15) is 38.5 Å². The smallest absolute Gasteiger partial charge is 0.475 e. The average molecular weight is 589 g/mol. The summed E-state index contributed by atoms with van der Waals surface area (Å²) < 4.78 is 68.4. The molecule has 2 aromatic heterocycles. The van der Waals surface area contributed by atoms with Gasteiger partial charge in [0.05, 0.1) is 18.4 Å². The summed E-state index contributed by atoms with van der Waals surface area (Å²) in [6, 6.07) is 1.95. The van der Waals surface area contributed by atoms with E-state index in [2.05, 4.69) is 21.9 Å². The van der Waals surface area contributed by atoms with Crippen LogP contribution >= 0.6 is 0 Å². The highest BCUT2D eigenvalue weighted by Crippen LogP contribution is 2.55. The number of carboxylic acid groups (broad SMARTS) is 1. The third-order valence-corrected chi connectivity index (χ3v) is 10.4. The summed E-state index contributed by atoms with van der Waals surface area (Å²) in [5.41, 5.74) is 0.359. The van der Waals surface area contributed by atoms with Crippen LogP contribution in [0.2, 0.25) is 0 Å². The summed E-state index contributed by atoms with van der Waals surface area (Å²) in [5.74, 6) is -0.626. The molecule has 4 fully saturated rings. The van der Waals surface area contributed by atoms with Crippen molar-refractivity contribution in [2.75, 3.05) is 51.8 Å². The molecule has 4 heterocycles. The van der Waals surface area contributed by atoms with Crippen molar-refractivity contribution in [2.45, 2.75) is 61.2 Å². The third-order valence-electron chi connectivity index (χ3n) is 8.45. The van der Waals surface area contributed by atoms with Crippen molar-refractivity contribution in [1.82, 2.24) is 23.8 Å². The number of alkyl halides is 3. The normalized spacial score (nSPS) is 22.8. The Morgan fingerprint density at radius 2 is 1.73 bits per heavy atom. The van der Waals surface area contributed by atoms with E-state index in [-0.39, 0.29) is 16.5 Å². The van der Waals surface area contributed by atoms with Crippen molar-refractivity contribution in [3.05, 3.63) is 18.5 Å². The topological polar surface area (TPSA) is 121 Å². The van der Waals surface area contributed by atoms with E-state index in [0.29, 0.717) is 24.1 Å². The van der Waals surface area contributed by atoms with Crippen molar-refractivity contribution in [3.8, 4) is 0 Å². The van der Waals surface area contributed by atoms with Gasteiger partial charge >= 0.3 is 12.1 Å². The Balaban J connectivity index is 0.000000411. The fourth-order valence-corrected chi connectivity index (χ4v) is 7.31. The van der Waals surface area contributed by atoms with Crippen molar-refractivity contribution < 1.29 is 36.2 Å². The van der Waals surface area contributed by atoms with Crippen LogP contribution in [0.25, 0.3) is 5.65 Å². The van der Waals surface area contributed by atoms with Crippen LogP contribution in [0.4, 0.5) is 19.0 Å². The minimum atomic E-state index is -5.08. The number of anilines is 1. The van der Waals surface area contributed by atoms with E-state index in [0.717, 1.165) is 44.8 Å². The maximum absolute atomic E-state index is 13.6. The number of halogens is 3. The molecule has 40 heavy (non-hydrogen) atoms. The second-order valence-corrected chi connectivity index (χ2v) is 13.2. The molecule has 0 atom stereocenters. The SMILES string of the molecule is CN1CCC(N(C)S(=O)(=O)c2cnn3ccc(N4CCOC(C5CC5)(C5CC5)C4)nc23)CC1.O=C(O)C(F)(F)F. The number of aliphatic carboxylic acids is 1. The first-order chi connectivity index (χ1) is 18.8. The summed E-state index contributed by atoms with van der Waals surface area (Å²) in [6.45, 7) is 4.13. The van der Waals surface area contributed by atoms with Crippen LogP contribution in [0.5, 0.6) is 0 Å². The number of piperidine rings is 1. The number of fused-ring (bicyclic) bond motifs is 1. The quantitative estimate of drug-likeness (QED) is 0.543. The van der Waals surface area contributed by atoms with Gasteiger partial charge in [-0.15, -0.1) is 0 Å². The Morgan fingerprint density at radius 3 is 2.27 bits per heavy atom. The Bertz CT molecular complexity index is 1320. The Hall–Kier alpha value is -2.49. The molecule has 0 unspecified atom stereocenters. The number of nitrogens with zero attached hydrogens (tertiary/aromatic N) is 6. The summed E-state index contributed by atoms with van der Waals surface area (Å²) in [7, 11) is 0.0815. The van der Waals surface area contributed by atoms with Gasteiger partial charge in [0.15, 0.2) is 5.65 Å². The number of morpholine rings is 1. The Kier molecular flexibility index (Phi) is 7.78. The maximum atomic E-state index is 13.6. The van der Waals surface area contributed by atoms with Gasteiger partial charge in [-0.25, -0.2) is 22.7 Å². The molecule has 0 radical (unpaired) electrons. The zero-order chi connectivity index (χ0) is 28.9. The molecule has 6 rings (SSSR count). The molecule has 11 nitrogen and oxygen atoms in total. The lowest BCUT2D eigenvalue weighted by Crippen LogP contribution is -2.55. The first-order valence-electron chi connectivity index (χ1n) is 13.5. The molecule has 2 aliphatic carbocycles. The average Bonchev–Trinajstić information content (AvgIpc) is 3.84. The molecule has 2 aliphatic heterocycles. The number of sulfonamides is 1. The maximum Gasteiger partial charge on any atom is 0.490 e. The van der Waals surface area contributed by atoms with E-state index in [1.807, 2.05) is 12.3 Å². The number of hydrogen-bond acceptors (Lipinski definition) is 8. The van der Waals surface area contributed by atoms with Gasteiger partial charge in [0.1, 0.15) is 10.7 Å². The van der Waals surface area contributed by atoms with E-state index in [1.54, 1.807) is 11.6 Å². The number of rotatable bonds is 6. The zero-order valence-corrected chi connectivity index (χ0v) is 23.4. The highest BCUT2D eigenvalue weighted by molar-refractivity contribution is 7.89. The van der Waals surface area contributed by atoms with E-state index in [4.69, 9.17) is 19.6 Å². The van der Waals surface area contributed by atoms with Gasteiger partial charge in [-0.3, -0.25) is 0 Å². The molecule has 2 aromatic rings. The molecule has 0 aromatic carbocycles. The van der Waals surface area contributed by atoms with Gasteiger partial charge in [-0.1, -0.05) is 0 Å². The van der Waals surface area contributed by atoms with Gasteiger partial charge < -0.3 is 19.6 Å². The molecular weight excluding hydrogens is 553 g/mol. The number of ether oxygens (including phenoxy) is 1. The first kappa shape index (κ1) is 29.0. The highest BCUT2D eigenvalue weighted by Gasteiger charge is 2.57. The molecule has 0 spiro atoms. The molecular formula is C25H35F3N6O5S. The molecule has 0 bridgehead atoms. The first-order valence-corrected chi connectivity index (χ1v) is 15.0. The van der Waals surface area contributed by atoms with Crippen molar-refractivity contribution >= 4 is 27.5 Å². The summed E-state index contributed by atoms with van der Waals surface area (Å²) in [4.78, 5) is 18.5. The number of carboxylic acids is 1. The molecule has 2 saturated carbocycles. The van der Waals surface area contributed by atoms with Crippen LogP contribution in [-0.2, 0) is 19.6 Å². The van der Waals surface area contributed by atoms with E-state index in [1.165, 1.54) is 36.2 Å². The van der Waals surface area contributed by atoms with Gasteiger partial charge in [0.25, 0.3) is 0 Å². The lowest BCUT2D eigenvalue weighted by Gasteiger charge is -2.44. The zero-order valence-electron chi connectivity index (χ0n) is 22.5. The number of carbonyl (C=O) groups is 1. The van der Waals surface area contributed by atoms with Crippen LogP contribution in [0.3, 0.4) is 0 Å². The predicted octanol–water partition coefficient (Wildman–Crippen LogP) is 2.47. The van der Waals surface area contributed by atoms with Gasteiger partial charge in [-0.2, -0.15) is 22.6 Å². The highest BCUT2D eigenvalue weighted by atomic mass is 32.2. The van der Waals surface area contributed by atoms with Crippen LogP contribution < -0.4 is 4.90 Å². The number of likely N-dealkylation sites (tertiary alicyclic amines) is 1. The second kappa shape index (κ2) is 10.7. The predicted molar refractivity (Wildman–Crippen MR) is 138 cm³/mol. The van der Waals surface area contributed by atoms with E-state index in [9.17, 15) is 21.6 Å². The molecule has 0 amide bonds. The minimum Gasteiger partial charge on any atom is -0.475 e. The van der Waals surface area contributed by atoms with Gasteiger partial charge in [0.2, 0.25) is 10.0 Å². The summed E-state index contributed by atoms with van der Waals surface area (Å²) >= 11 is 0. The van der Waals surface area contributed by atoms with Crippen LogP contribution in [0, 0.1) is 11.8 Å². The monoisotopic (exact) mass is 588 g/mol. The van der Waals surface area contributed by atoms with Crippen molar-refractivity contribution in [1.29, 1.82) is 0 Å². The Morgan fingerprint density at radius 1 is 1.12 bits per heavy atom. The van der Waals surface area contributed by atoms with E-state index < -0.39 is 22.2 Å². The fourth-order valence-electron chi connectivity index (χ4n) is 5.84. The fraction of sp³-hybridized carbons (Fsp3) is 0.720. The molecule has 15 heteroatoms. The second-order valence-electron chi connectivity index (χ2n) is 11.2. The van der Waals surface area contributed by atoms with Crippen molar-refractivity contribution in [2.24, 2.45) is 11.8 Å². The van der Waals surface area contributed by atoms with Crippen LogP contribution in [-0.4, -0.2) is 108 Å². The number of hydrogen-bond donors (Lipinski definition) is 1. The Labute approximate surface area is 230 Å². The largest absolute Gasteiger partial charge is 0.490 e. The van der Waals surface area contributed by atoms with Crippen molar-refractivity contribution in [3.63, 3.8) is 0 Å². The van der Waals surface area contributed by atoms with E-state index >= 15 is 0 Å². The van der Waals surface area contributed by atoms with Crippen LogP contribution in [0.15, 0.2) is 23.4 Å². The molecule has 4 aliphatic rings. The summed E-state index contributed by atoms with van der Waals surface area (Å²) in [6.07, 6.45) is 4.89. The standard InChI is InChI=1S/C23H34N6O3S.C2HF3O2/c1-26-10-7-19(8-11-26)27(2)33(30,31)20-15-24-29-12-9-21(25-22(20)29)28-13-14-32-23(16-28,17-3-4-17)18-5-6-18;3-2(4,5)1(6)7/h9,12,15,17-19H,3-8,10-11,13-14,16H2,1-2H3;(H,6,7).